The highest BCUT2D eigenvalue weighted by molar-refractivity contribution is 7.13. The third kappa shape index (κ3) is 3.72. The second kappa shape index (κ2) is 7.42. The van der Waals surface area contributed by atoms with E-state index in [0.717, 1.165) is 16.9 Å². The molecule has 3 heterocycles. The van der Waals surface area contributed by atoms with Gasteiger partial charge in [0.05, 0.1) is 30.0 Å². The van der Waals surface area contributed by atoms with E-state index >= 15 is 0 Å². The summed E-state index contributed by atoms with van der Waals surface area (Å²) in [6.45, 7) is 0.615. The van der Waals surface area contributed by atoms with Crippen LogP contribution in [0.2, 0.25) is 0 Å². The molecule has 0 unspecified atom stereocenters. The minimum absolute atomic E-state index is 0.187. The summed E-state index contributed by atoms with van der Waals surface area (Å²) in [6.07, 6.45) is 4.54. The van der Waals surface area contributed by atoms with Gasteiger partial charge in [0.1, 0.15) is 5.01 Å². The first-order valence-corrected chi connectivity index (χ1v) is 8.96. The molecule has 0 bridgehead atoms. The number of fused-ring (bicyclic) bond motifs is 1. The van der Waals surface area contributed by atoms with Crippen molar-refractivity contribution in [2.45, 2.75) is 13.1 Å². The summed E-state index contributed by atoms with van der Waals surface area (Å²) in [4.78, 5) is 32.9. The molecule has 8 nitrogen and oxygen atoms in total. The molecule has 0 atom stereocenters. The molecule has 3 aromatic heterocycles. The zero-order chi connectivity index (χ0) is 18.6. The van der Waals surface area contributed by atoms with Crippen LogP contribution in [0.25, 0.3) is 10.9 Å². The van der Waals surface area contributed by atoms with E-state index in [1.807, 2.05) is 30.3 Å². The van der Waals surface area contributed by atoms with Gasteiger partial charge in [-0.2, -0.15) is 0 Å². The fraction of sp³-hybridized carbons (Fsp3) is 0.111. The summed E-state index contributed by atoms with van der Waals surface area (Å²) in [7, 11) is 0. The van der Waals surface area contributed by atoms with Crippen LogP contribution in [0.1, 0.15) is 20.4 Å². The van der Waals surface area contributed by atoms with Crippen molar-refractivity contribution in [1.29, 1.82) is 0 Å². The standard InChI is InChI=1S/C18H14N6O2S/c25-16(20-8-12-4-2-1-3-5-12)17-23-22-15(27-17)10-24-11-21-14-9-19-7-6-13(14)18(24)26/h1-7,9,11H,8,10H2,(H,20,25). The number of amides is 1. The molecule has 27 heavy (non-hydrogen) atoms. The fourth-order valence-corrected chi connectivity index (χ4v) is 3.29. The topological polar surface area (TPSA) is 103 Å². The largest absolute Gasteiger partial charge is 0.346 e. The summed E-state index contributed by atoms with van der Waals surface area (Å²) >= 11 is 1.15. The first kappa shape index (κ1) is 17.0. The lowest BCUT2D eigenvalue weighted by Crippen LogP contribution is -2.22. The van der Waals surface area contributed by atoms with E-state index in [1.54, 1.807) is 18.5 Å². The lowest BCUT2D eigenvalue weighted by atomic mass is 10.2. The van der Waals surface area contributed by atoms with Crippen molar-refractivity contribution in [2.24, 2.45) is 0 Å². The van der Waals surface area contributed by atoms with Crippen LogP contribution in [0.15, 0.2) is 59.9 Å². The number of aromatic nitrogens is 5. The van der Waals surface area contributed by atoms with Crippen molar-refractivity contribution in [2.75, 3.05) is 0 Å². The molecule has 4 rings (SSSR count). The van der Waals surface area contributed by atoms with E-state index in [2.05, 4.69) is 25.5 Å². The van der Waals surface area contributed by atoms with Crippen LogP contribution in [0, 0.1) is 0 Å². The van der Waals surface area contributed by atoms with Crippen molar-refractivity contribution in [3.63, 3.8) is 0 Å². The molecule has 134 valence electrons. The normalized spacial score (nSPS) is 10.8. The van der Waals surface area contributed by atoms with Crippen LogP contribution >= 0.6 is 11.3 Å². The van der Waals surface area contributed by atoms with Gasteiger partial charge in [0.25, 0.3) is 11.5 Å². The Morgan fingerprint density at radius 3 is 2.85 bits per heavy atom. The Labute approximate surface area is 157 Å². The molecule has 0 saturated carbocycles. The van der Waals surface area contributed by atoms with Gasteiger partial charge in [-0.1, -0.05) is 41.7 Å². The maximum absolute atomic E-state index is 12.5. The average molecular weight is 378 g/mol. The maximum Gasteiger partial charge on any atom is 0.282 e. The Morgan fingerprint density at radius 1 is 1.15 bits per heavy atom. The van der Waals surface area contributed by atoms with Gasteiger partial charge < -0.3 is 5.32 Å². The van der Waals surface area contributed by atoms with Crippen LogP contribution in [0.5, 0.6) is 0 Å². The van der Waals surface area contributed by atoms with Crippen molar-refractivity contribution >= 4 is 28.1 Å². The molecular formula is C18H14N6O2S. The van der Waals surface area contributed by atoms with Gasteiger partial charge in [0.15, 0.2) is 0 Å². The van der Waals surface area contributed by atoms with Gasteiger partial charge in [-0.25, -0.2) is 4.98 Å². The highest BCUT2D eigenvalue weighted by Crippen LogP contribution is 2.12. The molecular weight excluding hydrogens is 364 g/mol. The van der Waals surface area contributed by atoms with Crippen LogP contribution in [0.3, 0.4) is 0 Å². The quantitative estimate of drug-likeness (QED) is 0.566. The summed E-state index contributed by atoms with van der Waals surface area (Å²) in [5, 5.41) is 12.0. The molecule has 0 aliphatic heterocycles. The van der Waals surface area contributed by atoms with E-state index in [9.17, 15) is 9.59 Å². The molecule has 0 fully saturated rings. The second-order valence-electron chi connectivity index (χ2n) is 5.74. The van der Waals surface area contributed by atoms with E-state index in [-0.39, 0.29) is 23.0 Å². The molecule has 0 saturated heterocycles. The van der Waals surface area contributed by atoms with Gasteiger partial charge in [0, 0.05) is 12.7 Å². The van der Waals surface area contributed by atoms with E-state index < -0.39 is 0 Å². The number of nitrogens with zero attached hydrogens (tertiary/aromatic N) is 5. The zero-order valence-electron chi connectivity index (χ0n) is 14.1. The first-order valence-electron chi connectivity index (χ1n) is 8.14. The van der Waals surface area contributed by atoms with Gasteiger partial charge in [0.2, 0.25) is 5.01 Å². The minimum Gasteiger partial charge on any atom is -0.346 e. The van der Waals surface area contributed by atoms with Gasteiger partial charge >= 0.3 is 0 Å². The van der Waals surface area contributed by atoms with E-state index in [1.165, 1.54) is 10.9 Å². The molecule has 1 amide bonds. The SMILES string of the molecule is O=C(NCc1ccccc1)c1nnc(Cn2cnc3cnccc3c2=O)s1. The highest BCUT2D eigenvalue weighted by atomic mass is 32.1. The molecule has 1 N–H and O–H groups in total. The molecule has 0 radical (unpaired) electrons. The second-order valence-corrected chi connectivity index (χ2v) is 6.80. The Kier molecular flexibility index (Phi) is 4.67. The number of carbonyl (C=O) groups excluding carboxylic acids is 1. The Hall–Kier alpha value is -3.46. The van der Waals surface area contributed by atoms with Crippen LogP contribution in [0.4, 0.5) is 0 Å². The zero-order valence-corrected chi connectivity index (χ0v) is 14.9. The predicted octanol–water partition coefficient (Wildman–Crippen LogP) is 1.62. The van der Waals surface area contributed by atoms with Crippen LogP contribution in [-0.2, 0) is 13.1 Å². The molecule has 1 aromatic carbocycles. The lowest BCUT2D eigenvalue weighted by Gasteiger charge is -2.03. The maximum atomic E-state index is 12.5. The van der Waals surface area contributed by atoms with Crippen molar-refractivity contribution < 1.29 is 4.79 Å². The van der Waals surface area contributed by atoms with E-state index in [4.69, 9.17) is 0 Å². The number of hydrogen-bond donors (Lipinski definition) is 1. The highest BCUT2D eigenvalue weighted by Gasteiger charge is 2.14. The third-order valence-electron chi connectivity index (χ3n) is 3.89. The van der Waals surface area contributed by atoms with E-state index in [0.29, 0.717) is 22.5 Å². The monoisotopic (exact) mass is 378 g/mol. The molecule has 0 aliphatic carbocycles. The summed E-state index contributed by atoms with van der Waals surface area (Å²) < 4.78 is 1.44. The Morgan fingerprint density at radius 2 is 2.00 bits per heavy atom. The Balaban J connectivity index is 1.47. The first-order chi connectivity index (χ1) is 13.2. The predicted molar refractivity (Wildman–Crippen MR) is 100 cm³/mol. The fourth-order valence-electron chi connectivity index (χ4n) is 2.53. The van der Waals surface area contributed by atoms with Gasteiger partial charge in [-0.15, -0.1) is 10.2 Å². The van der Waals surface area contributed by atoms with Crippen molar-refractivity contribution in [3.05, 3.63) is 81.1 Å². The number of benzene rings is 1. The molecule has 0 spiro atoms. The van der Waals surface area contributed by atoms with Gasteiger partial charge in [-0.3, -0.25) is 19.1 Å². The molecule has 0 aliphatic rings. The number of rotatable bonds is 5. The lowest BCUT2D eigenvalue weighted by molar-refractivity contribution is 0.0950. The molecule has 4 aromatic rings. The minimum atomic E-state index is -0.294. The Bertz CT molecular complexity index is 1160. The third-order valence-corrected chi connectivity index (χ3v) is 4.80. The smallest absolute Gasteiger partial charge is 0.282 e. The summed E-state index contributed by atoms with van der Waals surface area (Å²) in [5.74, 6) is -0.294. The van der Waals surface area contributed by atoms with Crippen LogP contribution in [-0.4, -0.2) is 30.6 Å². The molecule has 9 heteroatoms. The number of hydrogen-bond acceptors (Lipinski definition) is 7. The summed E-state index contributed by atoms with van der Waals surface area (Å²) in [5.41, 5.74) is 1.35. The van der Waals surface area contributed by atoms with Crippen molar-refractivity contribution in [1.82, 2.24) is 30.0 Å². The number of nitrogens with one attached hydrogen (secondary N) is 1. The summed E-state index contributed by atoms with van der Waals surface area (Å²) in [6, 6.07) is 11.2. The van der Waals surface area contributed by atoms with Crippen molar-refractivity contribution in [3.8, 4) is 0 Å². The number of carbonyl (C=O) groups is 1. The van der Waals surface area contributed by atoms with Crippen LogP contribution < -0.4 is 10.9 Å². The van der Waals surface area contributed by atoms with Gasteiger partial charge in [-0.05, 0) is 11.6 Å². The number of pyridine rings is 1. The average Bonchev–Trinajstić information content (AvgIpc) is 3.18.